The Morgan fingerprint density at radius 1 is 1.44 bits per heavy atom. The SMILES string of the molecule is CC(NC(=O)Nc1ccc(C(=O)O)nc1)C1CC1. The first-order chi connectivity index (χ1) is 8.56. The van der Waals surface area contributed by atoms with E-state index in [1.807, 2.05) is 6.92 Å². The molecule has 1 heterocycles. The normalized spacial score (nSPS) is 15.8. The molecule has 1 fully saturated rings. The summed E-state index contributed by atoms with van der Waals surface area (Å²) in [7, 11) is 0. The Bertz CT molecular complexity index is 454. The number of carbonyl (C=O) groups is 2. The minimum atomic E-state index is -1.09. The van der Waals surface area contributed by atoms with Crippen molar-refractivity contribution in [3.05, 3.63) is 24.0 Å². The van der Waals surface area contributed by atoms with Crippen LogP contribution in [0.4, 0.5) is 10.5 Å². The van der Waals surface area contributed by atoms with Gasteiger partial charge in [0.05, 0.1) is 11.9 Å². The van der Waals surface area contributed by atoms with Gasteiger partial charge in [0.25, 0.3) is 0 Å². The van der Waals surface area contributed by atoms with E-state index in [2.05, 4.69) is 15.6 Å². The Morgan fingerprint density at radius 2 is 2.17 bits per heavy atom. The number of carbonyl (C=O) groups excluding carboxylic acids is 1. The molecule has 1 atom stereocenters. The third-order valence-corrected chi connectivity index (χ3v) is 2.93. The summed E-state index contributed by atoms with van der Waals surface area (Å²) in [6.45, 7) is 1.98. The number of urea groups is 1. The van der Waals surface area contributed by atoms with Crippen molar-refractivity contribution in [1.82, 2.24) is 10.3 Å². The summed E-state index contributed by atoms with van der Waals surface area (Å²) in [6.07, 6.45) is 3.65. The molecular weight excluding hydrogens is 234 g/mol. The molecule has 6 nitrogen and oxygen atoms in total. The maximum absolute atomic E-state index is 11.6. The lowest BCUT2D eigenvalue weighted by atomic mass is 10.2. The van der Waals surface area contributed by atoms with Gasteiger partial charge in [0.2, 0.25) is 0 Å². The van der Waals surface area contributed by atoms with Gasteiger partial charge in [-0.1, -0.05) is 0 Å². The second-order valence-corrected chi connectivity index (χ2v) is 4.46. The van der Waals surface area contributed by atoms with E-state index in [0.717, 1.165) is 12.8 Å². The van der Waals surface area contributed by atoms with Crippen LogP contribution in [0.2, 0.25) is 0 Å². The number of nitrogens with zero attached hydrogens (tertiary/aromatic N) is 1. The molecule has 0 bridgehead atoms. The van der Waals surface area contributed by atoms with Crippen molar-refractivity contribution in [3.63, 3.8) is 0 Å². The van der Waals surface area contributed by atoms with Crippen molar-refractivity contribution < 1.29 is 14.7 Å². The summed E-state index contributed by atoms with van der Waals surface area (Å²) < 4.78 is 0. The predicted molar refractivity (Wildman–Crippen MR) is 65.5 cm³/mol. The lowest BCUT2D eigenvalue weighted by molar-refractivity contribution is 0.0690. The Morgan fingerprint density at radius 3 is 2.67 bits per heavy atom. The molecular formula is C12H15N3O3. The summed E-state index contributed by atoms with van der Waals surface area (Å²) in [6, 6.07) is 2.73. The van der Waals surface area contributed by atoms with Gasteiger partial charge < -0.3 is 15.7 Å². The number of pyridine rings is 1. The second-order valence-electron chi connectivity index (χ2n) is 4.46. The Hall–Kier alpha value is -2.11. The third kappa shape index (κ3) is 3.19. The van der Waals surface area contributed by atoms with E-state index in [1.54, 1.807) is 0 Å². The molecule has 1 aromatic rings. The summed E-state index contributed by atoms with van der Waals surface area (Å²) in [5, 5.41) is 14.1. The van der Waals surface area contributed by atoms with Crippen LogP contribution in [-0.4, -0.2) is 28.1 Å². The fourth-order valence-corrected chi connectivity index (χ4v) is 1.68. The number of aromatic carboxylic acids is 1. The molecule has 0 aromatic carbocycles. The zero-order valence-electron chi connectivity index (χ0n) is 10.0. The highest BCUT2D eigenvalue weighted by molar-refractivity contribution is 5.90. The molecule has 2 rings (SSSR count). The van der Waals surface area contributed by atoms with E-state index in [4.69, 9.17) is 5.11 Å². The van der Waals surface area contributed by atoms with Crippen LogP contribution in [0.5, 0.6) is 0 Å². The van der Waals surface area contributed by atoms with Crippen LogP contribution in [0.3, 0.4) is 0 Å². The molecule has 1 aromatic heterocycles. The average molecular weight is 249 g/mol. The molecule has 2 amide bonds. The maximum atomic E-state index is 11.6. The van der Waals surface area contributed by atoms with Crippen molar-refractivity contribution in [3.8, 4) is 0 Å². The molecule has 0 spiro atoms. The van der Waals surface area contributed by atoms with E-state index in [9.17, 15) is 9.59 Å². The highest BCUT2D eigenvalue weighted by Gasteiger charge is 2.28. The monoisotopic (exact) mass is 249 g/mol. The predicted octanol–water partition coefficient (Wildman–Crippen LogP) is 1.70. The van der Waals surface area contributed by atoms with E-state index in [-0.39, 0.29) is 17.8 Å². The van der Waals surface area contributed by atoms with Gasteiger partial charge in [-0.3, -0.25) is 0 Å². The number of carboxylic acid groups (broad SMARTS) is 1. The minimum absolute atomic E-state index is 0.0488. The van der Waals surface area contributed by atoms with Crippen LogP contribution in [-0.2, 0) is 0 Å². The number of hydrogen-bond acceptors (Lipinski definition) is 3. The van der Waals surface area contributed by atoms with Crippen molar-refractivity contribution in [2.45, 2.75) is 25.8 Å². The van der Waals surface area contributed by atoms with Crippen LogP contribution in [0.1, 0.15) is 30.3 Å². The fraction of sp³-hybridized carbons (Fsp3) is 0.417. The maximum Gasteiger partial charge on any atom is 0.354 e. The van der Waals surface area contributed by atoms with Gasteiger partial charge in [-0.15, -0.1) is 0 Å². The summed E-state index contributed by atoms with van der Waals surface area (Å²) >= 11 is 0. The third-order valence-electron chi connectivity index (χ3n) is 2.93. The molecule has 6 heteroatoms. The van der Waals surface area contributed by atoms with Crippen LogP contribution in [0, 0.1) is 5.92 Å². The number of rotatable bonds is 4. The summed E-state index contributed by atoms with van der Waals surface area (Å²) in [5.74, 6) is -0.503. The summed E-state index contributed by atoms with van der Waals surface area (Å²) in [4.78, 5) is 25.9. The van der Waals surface area contributed by atoms with Crippen molar-refractivity contribution >= 4 is 17.7 Å². The topological polar surface area (TPSA) is 91.3 Å². The number of nitrogens with one attached hydrogen (secondary N) is 2. The molecule has 18 heavy (non-hydrogen) atoms. The van der Waals surface area contributed by atoms with E-state index in [0.29, 0.717) is 11.6 Å². The molecule has 96 valence electrons. The van der Waals surface area contributed by atoms with Gasteiger partial charge >= 0.3 is 12.0 Å². The highest BCUT2D eigenvalue weighted by atomic mass is 16.4. The van der Waals surface area contributed by atoms with Crippen LogP contribution < -0.4 is 10.6 Å². The average Bonchev–Trinajstić information content (AvgIpc) is 3.13. The van der Waals surface area contributed by atoms with Crippen molar-refractivity contribution in [2.24, 2.45) is 5.92 Å². The Kier molecular flexibility index (Phi) is 3.45. The number of anilines is 1. The molecule has 0 saturated heterocycles. The van der Waals surface area contributed by atoms with Crippen LogP contribution >= 0.6 is 0 Å². The zero-order valence-corrected chi connectivity index (χ0v) is 10.0. The van der Waals surface area contributed by atoms with Crippen molar-refractivity contribution in [1.29, 1.82) is 0 Å². The number of amides is 2. The van der Waals surface area contributed by atoms with E-state index in [1.165, 1.54) is 18.3 Å². The molecule has 1 aliphatic carbocycles. The smallest absolute Gasteiger partial charge is 0.354 e. The standard InChI is InChI=1S/C12H15N3O3/c1-7(8-2-3-8)14-12(18)15-9-4-5-10(11(16)17)13-6-9/h4-8H,2-3H2,1H3,(H,16,17)(H2,14,15,18). The van der Waals surface area contributed by atoms with Gasteiger partial charge in [-0.05, 0) is 37.8 Å². The lowest BCUT2D eigenvalue weighted by Crippen LogP contribution is -2.37. The van der Waals surface area contributed by atoms with E-state index >= 15 is 0 Å². The quantitative estimate of drug-likeness (QED) is 0.757. The number of hydrogen-bond donors (Lipinski definition) is 3. The van der Waals surface area contributed by atoms with Crippen molar-refractivity contribution in [2.75, 3.05) is 5.32 Å². The molecule has 0 radical (unpaired) electrons. The van der Waals surface area contributed by atoms with Crippen LogP contribution in [0.25, 0.3) is 0 Å². The van der Waals surface area contributed by atoms with Gasteiger partial charge in [-0.25, -0.2) is 14.6 Å². The molecule has 0 aliphatic heterocycles. The first-order valence-corrected chi connectivity index (χ1v) is 5.83. The second kappa shape index (κ2) is 5.03. The molecule has 1 unspecified atom stereocenters. The lowest BCUT2D eigenvalue weighted by Gasteiger charge is -2.13. The highest BCUT2D eigenvalue weighted by Crippen LogP contribution is 2.32. The Balaban J connectivity index is 1.88. The van der Waals surface area contributed by atoms with Gasteiger partial charge in [0.1, 0.15) is 5.69 Å². The molecule has 1 saturated carbocycles. The fourth-order valence-electron chi connectivity index (χ4n) is 1.68. The zero-order chi connectivity index (χ0) is 13.1. The van der Waals surface area contributed by atoms with Gasteiger partial charge in [-0.2, -0.15) is 0 Å². The molecule has 3 N–H and O–H groups in total. The number of carboxylic acids is 1. The van der Waals surface area contributed by atoms with Gasteiger partial charge in [0, 0.05) is 6.04 Å². The Labute approximate surface area is 104 Å². The van der Waals surface area contributed by atoms with Gasteiger partial charge in [0.15, 0.2) is 0 Å². The summed E-state index contributed by atoms with van der Waals surface area (Å²) in [5.41, 5.74) is 0.424. The largest absolute Gasteiger partial charge is 0.477 e. The van der Waals surface area contributed by atoms with Crippen LogP contribution in [0.15, 0.2) is 18.3 Å². The first kappa shape index (κ1) is 12.3. The first-order valence-electron chi connectivity index (χ1n) is 5.83. The molecule has 1 aliphatic rings. The number of aromatic nitrogens is 1. The van der Waals surface area contributed by atoms with E-state index < -0.39 is 5.97 Å². The minimum Gasteiger partial charge on any atom is -0.477 e.